The Bertz CT molecular complexity index is 1370. The Labute approximate surface area is 231 Å². The van der Waals surface area contributed by atoms with Crippen LogP contribution in [-0.4, -0.2) is 35.8 Å². The summed E-state index contributed by atoms with van der Waals surface area (Å²) < 4.78 is 79.4. The van der Waals surface area contributed by atoms with Gasteiger partial charge in [0.1, 0.15) is 0 Å². The molecule has 1 heterocycles. The lowest BCUT2D eigenvalue weighted by atomic mass is 9.83. The maximum absolute atomic E-state index is 13.5. The van der Waals surface area contributed by atoms with Crippen molar-refractivity contribution in [2.45, 2.75) is 57.5 Å². The molecule has 4 N–H and O–H groups in total. The molecule has 1 fully saturated rings. The highest BCUT2D eigenvalue weighted by Crippen LogP contribution is 2.39. The standard InChI is InChI=1S/C28H28F6N4O3/c1-14-4-2-7-19-21(14)37-26(41)24(36-22(19)16-5-3-6-17(13-16)28(32,33)34)38-25(40)20(12-15-8-9-15)18(23(35)39)10-11-27(29,30)31/h2-7,13,15,18,20,24H,8-12H2,1H3,(H2,35,39)(H,37,41)(H,38,40)/t18-,20+,24-/m1/s1. The van der Waals surface area contributed by atoms with Gasteiger partial charge in [-0.25, -0.2) is 4.99 Å². The predicted octanol–water partition coefficient (Wildman–Crippen LogP) is 5.11. The highest BCUT2D eigenvalue weighted by Gasteiger charge is 2.41. The molecule has 0 bridgehead atoms. The van der Waals surface area contributed by atoms with Crippen LogP contribution in [0, 0.1) is 24.7 Å². The van der Waals surface area contributed by atoms with Gasteiger partial charge in [-0.2, -0.15) is 26.3 Å². The number of nitrogens with zero attached hydrogens (tertiary/aromatic N) is 1. The zero-order valence-corrected chi connectivity index (χ0v) is 21.9. The van der Waals surface area contributed by atoms with Gasteiger partial charge in [0.15, 0.2) is 0 Å². The number of carbonyl (C=O) groups excluding carboxylic acids is 3. The van der Waals surface area contributed by atoms with Crippen molar-refractivity contribution < 1.29 is 40.7 Å². The first-order valence-corrected chi connectivity index (χ1v) is 13.0. The number of nitrogens with one attached hydrogen (secondary N) is 2. The maximum atomic E-state index is 13.5. The van der Waals surface area contributed by atoms with Gasteiger partial charge in [-0.05, 0) is 43.4 Å². The summed E-state index contributed by atoms with van der Waals surface area (Å²) in [5.41, 5.74) is 5.65. The number of aryl methyl sites for hydroxylation is 1. The molecular weight excluding hydrogens is 554 g/mol. The van der Waals surface area contributed by atoms with Gasteiger partial charge in [0, 0.05) is 29.4 Å². The van der Waals surface area contributed by atoms with Gasteiger partial charge in [0.25, 0.3) is 5.91 Å². The van der Waals surface area contributed by atoms with Crippen molar-refractivity contribution in [1.29, 1.82) is 0 Å². The SMILES string of the molecule is Cc1cccc2c1NC(=O)[C@@H](NC(=O)[C@@H](CC1CC1)[C@@H](CCC(F)(F)F)C(N)=O)N=C2c1cccc(C(F)(F)F)c1. The van der Waals surface area contributed by atoms with Crippen LogP contribution < -0.4 is 16.4 Å². The van der Waals surface area contributed by atoms with Crippen LogP contribution in [0.2, 0.25) is 0 Å². The number of carbonyl (C=O) groups is 3. The number of benzene rings is 2. The summed E-state index contributed by atoms with van der Waals surface area (Å²) in [6, 6.07) is 9.18. The molecule has 0 radical (unpaired) electrons. The zero-order chi connectivity index (χ0) is 30.1. The number of aliphatic imine (C=N–C) groups is 1. The molecule has 41 heavy (non-hydrogen) atoms. The lowest BCUT2D eigenvalue weighted by molar-refractivity contribution is -0.146. The second kappa shape index (κ2) is 11.5. The van der Waals surface area contributed by atoms with E-state index >= 15 is 0 Å². The summed E-state index contributed by atoms with van der Waals surface area (Å²) in [5.74, 6) is -5.47. The summed E-state index contributed by atoms with van der Waals surface area (Å²) in [7, 11) is 0. The molecule has 2 aromatic rings. The molecule has 13 heteroatoms. The van der Waals surface area contributed by atoms with Gasteiger partial charge in [-0.15, -0.1) is 0 Å². The minimum Gasteiger partial charge on any atom is -0.369 e. The van der Waals surface area contributed by atoms with Crippen LogP contribution in [0.4, 0.5) is 32.0 Å². The van der Waals surface area contributed by atoms with Crippen molar-refractivity contribution in [3.8, 4) is 0 Å². The molecule has 220 valence electrons. The third-order valence-corrected chi connectivity index (χ3v) is 7.24. The van der Waals surface area contributed by atoms with E-state index < -0.39 is 66.5 Å². The van der Waals surface area contributed by atoms with E-state index in [0.717, 1.165) is 25.0 Å². The second-order valence-electron chi connectivity index (χ2n) is 10.4. The van der Waals surface area contributed by atoms with E-state index in [1.165, 1.54) is 12.1 Å². The Morgan fingerprint density at radius 1 is 1.07 bits per heavy atom. The first-order chi connectivity index (χ1) is 19.1. The fourth-order valence-corrected chi connectivity index (χ4v) is 4.92. The van der Waals surface area contributed by atoms with Crippen molar-refractivity contribution in [2.24, 2.45) is 28.5 Å². The number of fused-ring (bicyclic) bond motifs is 1. The number of nitrogens with two attached hydrogens (primary N) is 1. The lowest BCUT2D eigenvalue weighted by Crippen LogP contribution is -2.48. The molecule has 3 amide bonds. The average molecular weight is 583 g/mol. The summed E-state index contributed by atoms with van der Waals surface area (Å²) >= 11 is 0. The minimum atomic E-state index is -4.66. The molecule has 2 aromatic carbocycles. The Morgan fingerprint density at radius 3 is 2.37 bits per heavy atom. The van der Waals surface area contributed by atoms with Crippen LogP contribution in [0.25, 0.3) is 0 Å². The van der Waals surface area contributed by atoms with E-state index in [0.29, 0.717) is 11.1 Å². The molecular formula is C28H28F6N4O3. The molecule has 1 aliphatic heterocycles. The predicted molar refractivity (Wildman–Crippen MR) is 138 cm³/mol. The highest BCUT2D eigenvalue weighted by atomic mass is 19.4. The van der Waals surface area contributed by atoms with Crippen molar-refractivity contribution in [3.63, 3.8) is 0 Å². The van der Waals surface area contributed by atoms with Crippen LogP contribution in [0.1, 0.15) is 54.4 Å². The molecule has 2 aliphatic rings. The first kappa shape index (κ1) is 30.1. The quantitative estimate of drug-likeness (QED) is 0.357. The Hall–Kier alpha value is -3.90. The molecule has 3 atom stereocenters. The van der Waals surface area contributed by atoms with Gasteiger partial charge in [0.05, 0.1) is 17.0 Å². The van der Waals surface area contributed by atoms with Crippen molar-refractivity contribution in [3.05, 3.63) is 64.7 Å². The lowest BCUT2D eigenvalue weighted by Gasteiger charge is -2.26. The molecule has 0 unspecified atom stereocenters. The molecule has 1 saturated carbocycles. The fraction of sp³-hybridized carbons (Fsp3) is 0.429. The van der Waals surface area contributed by atoms with Gasteiger partial charge >= 0.3 is 12.4 Å². The zero-order valence-electron chi connectivity index (χ0n) is 21.9. The van der Waals surface area contributed by atoms with Crippen LogP contribution in [0.3, 0.4) is 0 Å². The number of para-hydroxylation sites is 1. The fourth-order valence-electron chi connectivity index (χ4n) is 4.92. The Morgan fingerprint density at radius 2 is 1.76 bits per heavy atom. The van der Waals surface area contributed by atoms with E-state index in [1.54, 1.807) is 25.1 Å². The Balaban J connectivity index is 1.72. The van der Waals surface area contributed by atoms with Crippen LogP contribution in [0.15, 0.2) is 47.5 Å². The minimum absolute atomic E-state index is 0.0116. The van der Waals surface area contributed by atoms with Crippen LogP contribution >= 0.6 is 0 Å². The second-order valence-corrected chi connectivity index (χ2v) is 10.4. The molecule has 0 saturated heterocycles. The number of primary amides is 1. The van der Waals surface area contributed by atoms with Crippen molar-refractivity contribution >= 4 is 29.1 Å². The normalized spacial score (nSPS) is 18.9. The van der Waals surface area contributed by atoms with Gasteiger partial charge in [-0.1, -0.05) is 43.2 Å². The summed E-state index contributed by atoms with van der Waals surface area (Å²) in [6.07, 6.45) is -11.4. The first-order valence-electron chi connectivity index (χ1n) is 13.0. The maximum Gasteiger partial charge on any atom is 0.416 e. The molecule has 0 aromatic heterocycles. The number of alkyl halides is 6. The highest BCUT2D eigenvalue weighted by molar-refractivity contribution is 6.20. The topological polar surface area (TPSA) is 114 Å². The average Bonchev–Trinajstić information content (AvgIpc) is 3.71. The number of hydrogen-bond donors (Lipinski definition) is 3. The third-order valence-electron chi connectivity index (χ3n) is 7.24. The monoisotopic (exact) mass is 582 g/mol. The largest absolute Gasteiger partial charge is 0.416 e. The summed E-state index contributed by atoms with van der Waals surface area (Å²) in [6.45, 7) is 1.67. The van der Waals surface area contributed by atoms with Gasteiger partial charge in [0.2, 0.25) is 18.0 Å². The van der Waals surface area contributed by atoms with E-state index in [9.17, 15) is 40.7 Å². The number of hydrogen-bond acceptors (Lipinski definition) is 4. The van der Waals surface area contributed by atoms with E-state index in [4.69, 9.17) is 5.73 Å². The molecule has 0 spiro atoms. The van der Waals surface area contributed by atoms with Crippen LogP contribution in [0.5, 0.6) is 0 Å². The smallest absolute Gasteiger partial charge is 0.369 e. The summed E-state index contributed by atoms with van der Waals surface area (Å²) in [5, 5.41) is 5.07. The van der Waals surface area contributed by atoms with Gasteiger partial charge in [-0.3, -0.25) is 14.4 Å². The van der Waals surface area contributed by atoms with E-state index in [2.05, 4.69) is 15.6 Å². The summed E-state index contributed by atoms with van der Waals surface area (Å²) in [4.78, 5) is 43.2. The van der Waals surface area contributed by atoms with Crippen molar-refractivity contribution in [2.75, 3.05) is 5.32 Å². The van der Waals surface area contributed by atoms with E-state index in [-0.39, 0.29) is 29.3 Å². The van der Waals surface area contributed by atoms with E-state index in [1.807, 2.05) is 0 Å². The third kappa shape index (κ3) is 7.44. The number of benzodiazepines with no additional fused rings is 1. The Kier molecular flexibility index (Phi) is 8.46. The molecule has 4 rings (SSSR count). The molecule has 1 aliphatic carbocycles. The van der Waals surface area contributed by atoms with Gasteiger partial charge < -0.3 is 16.4 Å². The number of amides is 3. The van der Waals surface area contributed by atoms with Crippen LogP contribution in [-0.2, 0) is 20.6 Å². The number of anilines is 1. The number of halogens is 6. The van der Waals surface area contributed by atoms with Crippen molar-refractivity contribution in [1.82, 2.24) is 5.32 Å². The molecule has 7 nitrogen and oxygen atoms in total. The number of rotatable bonds is 9.